The molecule has 1 aromatic rings. The number of ether oxygens (including phenoxy) is 1. The quantitative estimate of drug-likeness (QED) is 0.321. The summed E-state index contributed by atoms with van der Waals surface area (Å²) in [6.45, 7) is 6.90. The zero-order valence-corrected chi connectivity index (χ0v) is 19.4. The highest BCUT2D eigenvalue weighted by atomic mass is 127. The van der Waals surface area contributed by atoms with Gasteiger partial charge < -0.3 is 19.4 Å². The van der Waals surface area contributed by atoms with Gasteiger partial charge in [-0.25, -0.2) is 8.42 Å². The largest absolute Gasteiger partial charge is 0.469 e. The molecule has 0 unspecified atom stereocenters. The van der Waals surface area contributed by atoms with E-state index in [1.165, 1.54) is 0 Å². The predicted octanol–water partition coefficient (Wildman–Crippen LogP) is 1.39. The van der Waals surface area contributed by atoms with Gasteiger partial charge in [0.2, 0.25) is 10.0 Å². The van der Waals surface area contributed by atoms with Gasteiger partial charge in [-0.15, -0.1) is 24.0 Å². The number of aliphatic imine (C=N–C) groups is 1. The lowest BCUT2D eigenvalue weighted by Gasteiger charge is -2.35. The van der Waals surface area contributed by atoms with Gasteiger partial charge in [0.05, 0.1) is 24.7 Å². The van der Waals surface area contributed by atoms with Crippen LogP contribution in [0.25, 0.3) is 0 Å². The smallest absolute Gasteiger partial charge is 0.216 e. The van der Waals surface area contributed by atoms with Gasteiger partial charge in [-0.1, -0.05) is 0 Å². The second-order valence-electron chi connectivity index (χ2n) is 6.43. The maximum absolute atomic E-state index is 12.4. The van der Waals surface area contributed by atoms with Crippen molar-refractivity contribution in [2.45, 2.75) is 26.4 Å². The Hall–Kier alpha value is -0.850. The standard InChI is InChI=1S/C17H30N4O4S.HI/c1-15(2)24-13-14-26(22,23)21-10-8-20(9-11-21)17(18-3)19-7-6-16-5-4-12-25-16;/h4-5,12,15H,6-11,13-14H2,1-3H3,(H,18,19);1H. The fraction of sp³-hybridized carbons (Fsp3) is 0.706. The number of halogens is 1. The molecule has 0 saturated carbocycles. The van der Waals surface area contributed by atoms with Gasteiger partial charge >= 0.3 is 0 Å². The van der Waals surface area contributed by atoms with Crippen molar-refractivity contribution in [1.82, 2.24) is 14.5 Å². The molecule has 1 N–H and O–H groups in total. The third-order valence-corrected chi connectivity index (χ3v) is 6.00. The molecule has 1 aliphatic heterocycles. The Morgan fingerprint density at radius 3 is 2.59 bits per heavy atom. The summed E-state index contributed by atoms with van der Waals surface area (Å²) in [5.74, 6) is 1.74. The molecule has 0 aliphatic carbocycles. The molecule has 2 heterocycles. The Bertz CT molecular complexity index is 656. The van der Waals surface area contributed by atoms with Gasteiger partial charge in [0.1, 0.15) is 5.76 Å². The first-order chi connectivity index (χ1) is 12.4. The normalized spacial score (nSPS) is 16.4. The lowest BCUT2D eigenvalue weighted by molar-refractivity contribution is 0.0904. The first-order valence-corrected chi connectivity index (χ1v) is 10.6. The molecule has 1 saturated heterocycles. The highest BCUT2D eigenvalue weighted by molar-refractivity contribution is 14.0. The van der Waals surface area contributed by atoms with Crippen LogP contribution in [0.2, 0.25) is 0 Å². The highest BCUT2D eigenvalue weighted by Crippen LogP contribution is 2.09. The fourth-order valence-electron chi connectivity index (χ4n) is 2.78. The molecule has 1 aliphatic rings. The van der Waals surface area contributed by atoms with Crippen molar-refractivity contribution in [2.24, 2.45) is 4.99 Å². The minimum atomic E-state index is -3.27. The van der Waals surface area contributed by atoms with Crippen molar-refractivity contribution in [3.8, 4) is 0 Å². The van der Waals surface area contributed by atoms with Gasteiger partial charge in [0.25, 0.3) is 0 Å². The highest BCUT2D eigenvalue weighted by Gasteiger charge is 2.27. The molecule has 10 heteroatoms. The molecule has 0 bridgehead atoms. The van der Waals surface area contributed by atoms with Crippen LogP contribution in [0.4, 0.5) is 0 Å². The molecule has 1 fully saturated rings. The molecule has 0 amide bonds. The summed E-state index contributed by atoms with van der Waals surface area (Å²) < 4.78 is 37.0. The van der Waals surface area contributed by atoms with E-state index in [1.54, 1.807) is 17.6 Å². The number of guanidine groups is 1. The molecule has 0 spiro atoms. The Kier molecular flexibility index (Phi) is 10.6. The number of nitrogens with one attached hydrogen (secondary N) is 1. The lowest BCUT2D eigenvalue weighted by atomic mass is 10.3. The van der Waals surface area contributed by atoms with Crippen LogP contribution < -0.4 is 5.32 Å². The monoisotopic (exact) mass is 514 g/mol. The van der Waals surface area contributed by atoms with Gasteiger partial charge in [0.15, 0.2) is 5.96 Å². The van der Waals surface area contributed by atoms with Crippen molar-refractivity contribution in [3.63, 3.8) is 0 Å². The van der Waals surface area contributed by atoms with E-state index in [2.05, 4.69) is 15.2 Å². The second kappa shape index (κ2) is 11.9. The zero-order valence-electron chi connectivity index (χ0n) is 16.3. The summed E-state index contributed by atoms with van der Waals surface area (Å²) in [5, 5.41) is 3.31. The van der Waals surface area contributed by atoms with E-state index in [0.717, 1.165) is 18.1 Å². The SMILES string of the molecule is CN=C(NCCc1ccco1)N1CCN(S(=O)(=O)CCOC(C)C)CC1.I. The molecule has 0 atom stereocenters. The summed E-state index contributed by atoms with van der Waals surface area (Å²) in [6.07, 6.45) is 2.48. The van der Waals surface area contributed by atoms with E-state index in [9.17, 15) is 8.42 Å². The Morgan fingerprint density at radius 1 is 1.33 bits per heavy atom. The minimum absolute atomic E-state index is 0. The van der Waals surface area contributed by atoms with Crippen LogP contribution in [0.1, 0.15) is 19.6 Å². The van der Waals surface area contributed by atoms with E-state index < -0.39 is 10.0 Å². The zero-order chi connectivity index (χ0) is 19.0. The number of furan rings is 1. The van der Waals surface area contributed by atoms with E-state index in [1.807, 2.05) is 26.0 Å². The van der Waals surface area contributed by atoms with Crippen molar-refractivity contribution >= 4 is 40.0 Å². The van der Waals surface area contributed by atoms with E-state index in [-0.39, 0.29) is 42.4 Å². The summed E-state index contributed by atoms with van der Waals surface area (Å²) in [6, 6.07) is 3.81. The summed E-state index contributed by atoms with van der Waals surface area (Å²) in [5.41, 5.74) is 0. The van der Waals surface area contributed by atoms with E-state index >= 15 is 0 Å². The molecular formula is C17H31IN4O4S. The van der Waals surface area contributed by atoms with Crippen LogP contribution in [0.15, 0.2) is 27.8 Å². The van der Waals surface area contributed by atoms with Crippen LogP contribution in [0.5, 0.6) is 0 Å². The maximum Gasteiger partial charge on any atom is 0.216 e. The maximum atomic E-state index is 12.4. The van der Waals surface area contributed by atoms with E-state index in [0.29, 0.717) is 32.7 Å². The van der Waals surface area contributed by atoms with Crippen LogP contribution in [-0.4, -0.2) is 81.8 Å². The molecule has 27 heavy (non-hydrogen) atoms. The van der Waals surface area contributed by atoms with Crippen LogP contribution in [-0.2, 0) is 21.2 Å². The van der Waals surface area contributed by atoms with Crippen molar-refractivity contribution in [1.29, 1.82) is 0 Å². The lowest BCUT2D eigenvalue weighted by Crippen LogP contribution is -2.54. The van der Waals surface area contributed by atoms with Crippen LogP contribution in [0.3, 0.4) is 0 Å². The molecule has 0 aromatic carbocycles. The van der Waals surface area contributed by atoms with E-state index in [4.69, 9.17) is 9.15 Å². The summed E-state index contributed by atoms with van der Waals surface area (Å²) >= 11 is 0. The fourth-order valence-corrected chi connectivity index (χ4v) is 4.07. The molecular weight excluding hydrogens is 483 g/mol. The molecule has 8 nitrogen and oxygen atoms in total. The first kappa shape index (κ1) is 24.2. The third kappa shape index (κ3) is 7.96. The number of rotatable bonds is 8. The molecule has 0 radical (unpaired) electrons. The average Bonchev–Trinajstić information content (AvgIpc) is 3.12. The number of hydrogen-bond acceptors (Lipinski definition) is 5. The van der Waals surface area contributed by atoms with Crippen molar-refractivity contribution in [3.05, 3.63) is 24.2 Å². The second-order valence-corrected chi connectivity index (χ2v) is 8.51. The van der Waals surface area contributed by atoms with Crippen molar-refractivity contribution in [2.75, 3.05) is 52.1 Å². The van der Waals surface area contributed by atoms with Crippen LogP contribution in [0, 0.1) is 0 Å². The summed E-state index contributed by atoms with van der Waals surface area (Å²) in [4.78, 5) is 6.38. The number of nitrogens with zero attached hydrogens (tertiary/aromatic N) is 3. The average molecular weight is 514 g/mol. The number of hydrogen-bond donors (Lipinski definition) is 1. The van der Waals surface area contributed by atoms with Crippen LogP contribution >= 0.6 is 24.0 Å². The third-order valence-electron chi connectivity index (χ3n) is 4.17. The van der Waals surface area contributed by atoms with Crippen molar-refractivity contribution < 1.29 is 17.6 Å². The Balaban J connectivity index is 0.00000364. The summed E-state index contributed by atoms with van der Waals surface area (Å²) in [7, 11) is -1.53. The topological polar surface area (TPSA) is 87.4 Å². The Labute approximate surface area is 179 Å². The van der Waals surface area contributed by atoms with Gasteiger partial charge in [-0.3, -0.25) is 4.99 Å². The first-order valence-electron chi connectivity index (χ1n) is 9.00. The van der Waals surface area contributed by atoms with Gasteiger partial charge in [0, 0.05) is 46.2 Å². The molecule has 156 valence electrons. The van der Waals surface area contributed by atoms with Gasteiger partial charge in [-0.2, -0.15) is 4.31 Å². The Morgan fingerprint density at radius 2 is 2.04 bits per heavy atom. The molecule has 2 rings (SSSR count). The molecule has 1 aromatic heterocycles. The number of piperazine rings is 1. The predicted molar refractivity (Wildman–Crippen MR) is 117 cm³/mol. The van der Waals surface area contributed by atoms with Gasteiger partial charge in [-0.05, 0) is 26.0 Å². The number of sulfonamides is 1. The minimum Gasteiger partial charge on any atom is -0.469 e.